The van der Waals surface area contributed by atoms with Crippen molar-refractivity contribution in [3.8, 4) is 0 Å². The van der Waals surface area contributed by atoms with E-state index in [0.717, 1.165) is 40.9 Å². The van der Waals surface area contributed by atoms with Gasteiger partial charge in [0, 0.05) is 53.9 Å². The molecule has 41 heavy (non-hydrogen) atoms. The Hall–Kier alpha value is -4.64. The Kier molecular flexibility index (Phi) is 5.52. The van der Waals surface area contributed by atoms with Crippen LogP contribution in [0.3, 0.4) is 0 Å². The van der Waals surface area contributed by atoms with Gasteiger partial charge in [-0.3, -0.25) is 29.9 Å². The van der Waals surface area contributed by atoms with Crippen LogP contribution in [-0.4, -0.2) is 40.0 Å². The van der Waals surface area contributed by atoms with Crippen LogP contribution < -0.4 is 10.7 Å². The van der Waals surface area contributed by atoms with Gasteiger partial charge in [0.2, 0.25) is 0 Å². The first-order valence-electron chi connectivity index (χ1n) is 13.7. The summed E-state index contributed by atoms with van der Waals surface area (Å²) in [6.45, 7) is 0.496. The van der Waals surface area contributed by atoms with Gasteiger partial charge in [0.05, 0.1) is 27.0 Å². The van der Waals surface area contributed by atoms with Crippen LogP contribution >= 0.6 is 0 Å². The molecule has 3 aliphatic heterocycles. The molecular weight excluding hydrogens is 524 g/mol. The number of nitrogens with one attached hydrogen (secondary N) is 2. The van der Waals surface area contributed by atoms with Crippen LogP contribution in [0.4, 0.5) is 17.1 Å². The van der Waals surface area contributed by atoms with Crippen molar-refractivity contribution in [1.29, 1.82) is 0 Å². The zero-order chi connectivity index (χ0) is 28.5. The number of rotatable bonds is 4. The molecule has 2 unspecified atom stereocenters. The maximum absolute atomic E-state index is 14.3. The van der Waals surface area contributed by atoms with Crippen LogP contribution in [0, 0.1) is 31.6 Å². The molecule has 1 aliphatic carbocycles. The number of hydrogen-bond donors (Lipinski definition) is 2. The van der Waals surface area contributed by atoms with E-state index in [1.54, 1.807) is 24.3 Å². The molecular formula is C30H28N6O5. The Morgan fingerprint density at radius 1 is 0.951 bits per heavy atom. The predicted molar refractivity (Wildman–Crippen MR) is 151 cm³/mol. The highest BCUT2D eigenvalue weighted by Crippen LogP contribution is 2.68. The van der Waals surface area contributed by atoms with Crippen LogP contribution in [0.25, 0.3) is 0 Å². The molecule has 5 atom stereocenters. The minimum absolute atomic E-state index is 0.00541. The molecule has 2 fully saturated rings. The lowest BCUT2D eigenvalue weighted by molar-refractivity contribution is -0.385. The number of non-ortho nitro benzene ring substituents is 2. The summed E-state index contributed by atoms with van der Waals surface area (Å²) in [5, 5.41) is 31.4. The standard InChI is InChI=1S/C30H28N6O5/c1-34-17-24(18-7-4-9-20(15-18)35(38)39)29(30(34)23-12-2-3-13-25(23)31-28(30)37)14-6-11-22-26(32-33-27(22)29)19-8-5-10-21(16-19)36(40)41/h2-5,7-10,12-13,15-16,22,24,26,32H,6,11,14,17H2,1H3,(H,31,37)/t22?,24-,26?,29+,30+/m0/s1. The van der Waals surface area contributed by atoms with Crippen LogP contribution in [0.1, 0.15) is 47.9 Å². The highest BCUT2D eigenvalue weighted by molar-refractivity contribution is 6.12. The molecule has 0 aromatic heterocycles. The smallest absolute Gasteiger partial charge is 0.269 e. The number of likely N-dealkylation sites (tertiary alicyclic amines) is 1. The van der Waals surface area contributed by atoms with Crippen molar-refractivity contribution in [2.24, 2.45) is 16.4 Å². The first-order chi connectivity index (χ1) is 19.8. The van der Waals surface area contributed by atoms with E-state index >= 15 is 0 Å². The fourth-order valence-corrected chi connectivity index (χ4v) is 8.26. The number of carbonyl (C=O) groups is 1. The summed E-state index contributed by atoms with van der Waals surface area (Å²) < 4.78 is 0. The summed E-state index contributed by atoms with van der Waals surface area (Å²) >= 11 is 0. The molecule has 1 saturated carbocycles. The highest BCUT2D eigenvalue weighted by atomic mass is 16.6. The molecule has 2 N–H and O–H groups in total. The number of nitrogens with zero attached hydrogens (tertiary/aromatic N) is 4. The molecule has 3 aromatic carbocycles. The fourth-order valence-electron chi connectivity index (χ4n) is 8.26. The number of nitro groups is 2. The third-order valence-electron chi connectivity index (χ3n) is 9.71. The van der Waals surface area contributed by atoms with Crippen molar-refractivity contribution in [1.82, 2.24) is 10.3 Å². The second-order valence-corrected chi connectivity index (χ2v) is 11.4. The third kappa shape index (κ3) is 3.29. The Balaban J connectivity index is 1.44. The monoisotopic (exact) mass is 552 g/mol. The number of fused-ring (bicyclic) bond motifs is 5. The van der Waals surface area contributed by atoms with Gasteiger partial charge in [0.1, 0.15) is 5.54 Å². The Morgan fingerprint density at radius 3 is 2.37 bits per heavy atom. The molecule has 1 saturated heterocycles. The Labute approximate surface area is 235 Å². The number of hydrazone groups is 1. The van der Waals surface area contributed by atoms with Crippen molar-refractivity contribution in [3.05, 3.63) is 110 Å². The van der Waals surface area contributed by atoms with E-state index in [1.165, 1.54) is 12.1 Å². The van der Waals surface area contributed by atoms with E-state index in [-0.39, 0.29) is 35.2 Å². The minimum atomic E-state index is -1.09. The van der Waals surface area contributed by atoms with Gasteiger partial charge in [0.15, 0.2) is 0 Å². The summed E-state index contributed by atoms with van der Waals surface area (Å²) in [7, 11) is 1.95. The van der Waals surface area contributed by atoms with Crippen LogP contribution in [0.2, 0.25) is 0 Å². The van der Waals surface area contributed by atoms with E-state index in [1.807, 2.05) is 43.4 Å². The first-order valence-corrected chi connectivity index (χ1v) is 13.7. The van der Waals surface area contributed by atoms with Crippen LogP contribution in [-0.2, 0) is 10.3 Å². The molecule has 208 valence electrons. The number of hydrogen-bond acceptors (Lipinski definition) is 8. The van der Waals surface area contributed by atoms with Gasteiger partial charge in [-0.05, 0) is 37.1 Å². The van der Waals surface area contributed by atoms with E-state index in [9.17, 15) is 25.0 Å². The number of benzene rings is 3. The predicted octanol–water partition coefficient (Wildman–Crippen LogP) is 4.87. The fraction of sp³-hybridized carbons (Fsp3) is 0.333. The Bertz CT molecular complexity index is 1660. The summed E-state index contributed by atoms with van der Waals surface area (Å²) in [6, 6.07) is 20.8. The lowest BCUT2D eigenvalue weighted by atomic mass is 9.51. The summed E-state index contributed by atoms with van der Waals surface area (Å²) in [5.41, 5.74) is 5.46. The zero-order valence-electron chi connectivity index (χ0n) is 22.3. The quantitative estimate of drug-likeness (QED) is 0.347. The zero-order valence-corrected chi connectivity index (χ0v) is 22.3. The number of likely N-dealkylation sites (N-methyl/N-ethyl adjacent to an activating group) is 1. The maximum atomic E-state index is 14.3. The SMILES string of the molecule is CN1C[C@@H](c2cccc([N+](=O)[O-])c2)[C@@]2(CCCC3C2=NNC3c2cccc([N+](=O)[O-])c2)[C@@]12C(=O)Nc1ccccc12. The summed E-state index contributed by atoms with van der Waals surface area (Å²) in [5.74, 6) is -0.510. The molecule has 7 rings (SSSR count). The highest BCUT2D eigenvalue weighted by Gasteiger charge is 2.74. The number of carbonyl (C=O) groups excluding carboxylic acids is 1. The second-order valence-electron chi connectivity index (χ2n) is 11.4. The van der Waals surface area contributed by atoms with Gasteiger partial charge in [0.25, 0.3) is 17.3 Å². The third-order valence-corrected chi connectivity index (χ3v) is 9.71. The molecule has 11 nitrogen and oxygen atoms in total. The van der Waals surface area contributed by atoms with Gasteiger partial charge in [-0.1, -0.05) is 48.9 Å². The number of amides is 1. The minimum Gasteiger partial charge on any atom is -0.324 e. The summed E-state index contributed by atoms with van der Waals surface area (Å²) in [4.78, 5) is 39.0. The lowest BCUT2D eigenvalue weighted by Gasteiger charge is -2.51. The number of nitro benzene ring substituents is 2. The van der Waals surface area contributed by atoms with Crippen molar-refractivity contribution in [3.63, 3.8) is 0 Å². The average Bonchev–Trinajstić information content (AvgIpc) is 3.62. The van der Waals surface area contributed by atoms with Crippen molar-refractivity contribution < 1.29 is 14.6 Å². The van der Waals surface area contributed by atoms with Crippen molar-refractivity contribution in [2.75, 3.05) is 18.9 Å². The molecule has 0 radical (unpaired) electrons. The van der Waals surface area contributed by atoms with E-state index < -0.39 is 20.8 Å². The second kappa shape index (κ2) is 8.93. The maximum Gasteiger partial charge on any atom is 0.269 e. The number of anilines is 1. The molecule has 1 amide bonds. The van der Waals surface area contributed by atoms with Crippen molar-refractivity contribution >= 4 is 28.7 Å². The van der Waals surface area contributed by atoms with Crippen molar-refractivity contribution in [2.45, 2.75) is 36.8 Å². The lowest BCUT2D eigenvalue weighted by Crippen LogP contribution is -2.60. The van der Waals surface area contributed by atoms with Gasteiger partial charge in [-0.2, -0.15) is 5.10 Å². The van der Waals surface area contributed by atoms with Gasteiger partial charge >= 0.3 is 0 Å². The van der Waals surface area contributed by atoms with Gasteiger partial charge in [-0.15, -0.1) is 0 Å². The van der Waals surface area contributed by atoms with E-state index in [0.29, 0.717) is 13.0 Å². The largest absolute Gasteiger partial charge is 0.324 e. The molecule has 3 heterocycles. The van der Waals surface area contributed by atoms with Gasteiger partial charge < -0.3 is 10.7 Å². The van der Waals surface area contributed by atoms with E-state index in [4.69, 9.17) is 5.10 Å². The van der Waals surface area contributed by atoms with Crippen LogP contribution in [0.5, 0.6) is 0 Å². The molecule has 0 bridgehead atoms. The van der Waals surface area contributed by atoms with Gasteiger partial charge in [-0.25, -0.2) is 0 Å². The van der Waals surface area contributed by atoms with E-state index in [2.05, 4.69) is 15.6 Å². The van der Waals surface area contributed by atoms with Crippen LogP contribution in [0.15, 0.2) is 77.9 Å². The number of para-hydroxylation sites is 1. The molecule has 11 heteroatoms. The Morgan fingerprint density at radius 2 is 1.63 bits per heavy atom. The summed E-state index contributed by atoms with van der Waals surface area (Å²) in [6.07, 6.45) is 2.25. The first kappa shape index (κ1) is 25.3. The molecule has 4 aliphatic rings. The normalized spacial score (nSPS) is 30.0. The molecule has 2 spiro atoms. The average molecular weight is 553 g/mol. The molecule has 3 aromatic rings. The topological polar surface area (TPSA) is 143 Å².